The molecular formula is C19H20O3Si2. The Balaban J connectivity index is 1.92. The Kier molecular flexibility index (Phi) is 4.00. The van der Waals surface area contributed by atoms with Crippen molar-refractivity contribution in [1.82, 2.24) is 0 Å². The second-order valence-corrected chi connectivity index (χ2v) is 15.0. The smallest absolute Gasteiger partial charge is 0.335 e. The van der Waals surface area contributed by atoms with E-state index in [2.05, 4.69) is 56.2 Å². The Hall–Kier alpha value is -2.14. The third kappa shape index (κ3) is 3.09. The predicted octanol–water partition coefficient (Wildman–Crippen LogP) is 2.64. The highest BCUT2D eigenvalue weighted by molar-refractivity contribution is 7.05. The molecular weight excluding hydrogens is 332 g/mol. The van der Waals surface area contributed by atoms with Gasteiger partial charge < -0.3 is 9.22 Å². The van der Waals surface area contributed by atoms with Gasteiger partial charge in [-0.1, -0.05) is 17.9 Å². The summed E-state index contributed by atoms with van der Waals surface area (Å²) >= 11 is 0. The first-order chi connectivity index (χ1) is 11.2. The highest BCUT2D eigenvalue weighted by atomic mass is 28.4. The standard InChI is InChI=1S/C19H20O3Si2/c1-23(2)17-12-9-15(13-18(17)24(3,4)22-23)6-5-14-7-10-16(11-8-14)19(20)21/h7-13H,1-4H3,(H,20,21). The lowest BCUT2D eigenvalue weighted by Crippen LogP contribution is -2.44. The topological polar surface area (TPSA) is 46.5 Å². The van der Waals surface area contributed by atoms with E-state index in [0.717, 1.165) is 11.1 Å². The predicted molar refractivity (Wildman–Crippen MR) is 101 cm³/mol. The van der Waals surface area contributed by atoms with Crippen LogP contribution in [-0.2, 0) is 4.12 Å². The molecule has 0 fully saturated rings. The molecule has 3 rings (SSSR count). The fourth-order valence-corrected chi connectivity index (χ4v) is 13.5. The molecule has 0 unspecified atom stereocenters. The summed E-state index contributed by atoms with van der Waals surface area (Å²) in [5, 5.41) is 11.7. The molecule has 0 aromatic heterocycles. The molecule has 0 aliphatic carbocycles. The van der Waals surface area contributed by atoms with Gasteiger partial charge >= 0.3 is 5.97 Å². The second-order valence-electron chi connectivity index (χ2n) is 7.02. The lowest BCUT2D eigenvalue weighted by atomic mass is 10.1. The van der Waals surface area contributed by atoms with Crippen LogP contribution in [0.15, 0.2) is 42.5 Å². The SMILES string of the molecule is C[Si]1(C)O[Si](C)(C)c2cc(C#Cc3ccc(C(=O)O)cc3)ccc21. The molecule has 24 heavy (non-hydrogen) atoms. The van der Waals surface area contributed by atoms with Crippen molar-refractivity contribution in [3.63, 3.8) is 0 Å². The van der Waals surface area contributed by atoms with Crippen molar-refractivity contribution < 1.29 is 14.0 Å². The molecule has 1 aliphatic rings. The number of hydrogen-bond acceptors (Lipinski definition) is 2. The molecule has 0 saturated carbocycles. The van der Waals surface area contributed by atoms with E-state index in [-0.39, 0.29) is 5.56 Å². The number of carboxylic acids is 1. The van der Waals surface area contributed by atoms with Gasteiger partial charge in [-0.15, -0.1) is 0 Å². The monoisotopic (exact) mass is 352 g/mol. The molecule has 122 valence electrons. The van der Waals surface area contributed by atoms with E-state index in [9.17, 15) is 4.79 Å². The van der Waals surface area contributed by atoms with Crippen LogP contribution in [0.25, 0.3) is 0 Å². The maximum absolute atomic E-state index is 10.9. The van der Waals surface area contributed by atoms with Crippen LogP contribution in [0.5, 0.6) is 0 Å². The van der Waals surface area contributed by atoms with Gasteiger partial charge in [-0.3, -0.25) is 0 Å². The Morgan fingerprint density at radius 2 is 1.42 bits per heavy atom. The summed E-state index contributed by atoms with van der Waals surface area (Å²) in [6.07, 6.45) is 0. The van der Waals surface area contributed by atoms with Crippen molar-refractivity contribution >= 4 is 33.0 Å². The first-order valence-corrected chi connectivity index (χ1v) is 13.7. The summed E-state index contributed by atoms with van der Waals surface area (Å²) in [5.41, 5.74) is 2.06. The molecule has 1 N–H and O–H groups in total. The number of hydrogen-bond donors (Lipinski definition) is 1. The Bertz CT molecular complexity index is 872. The van der Waals surface area contributed by atoms with Gasteiger partial charge in [0.25, 0.3) is 0 Å². The first-order valence-electron chi connectivity index (χ1n) is 7.90. The van der Waals surface area contributed by atoms with Gasteiger partial charge in [-0.2, -0.15) is 0 Å². The number of carbonyl (C=O) groups is 1. The molecule has 1 aliphatic heterocycles. The molecule has 0 spiro atoms. The molecule has 0 amide bonds. The molecule has 0 radical (unpaired) electrons. The number of benzene rings is 2. The van der Waals surface area contributed by atoms with Crippen LogP contribution in [0.4, 0.5) is 0 Å². The summed E-state index contributed by atoms with van der Waals surface area (Å²) in [6, 6.07) is 13.1. The van der Waals surface area contributed by atoms with Crippen molar-refractivity contribution in [2.75, 3.05) is 0 Å². The summed E-state index contributed by atoms with van der Waals surface area (Å²) in [5.74, 6) is 5.37. The molecule has 0 saturated heterocycles. The number of fused-ring (bicyclic) bond motifs is 1. The highest BCUT2D eigenvalue weighted by Gasteiger charge is 2.46. The van der Waals surface area contributed by atoms with Crippen LogP contribution in [-0.4, -0.2) is 27.7 Å². The molecule has 0 atom stereocenters. The number of rotatable bonds is 1. The van der Waals surface area contributed by atoms with E-state index in [1.165, 1.54) is 10.4 Å². The first kappa shape index (κ1) is 16.7. The van der Waals surface area contributed by atoms with Crippen LogP contribution < -0.4 is 10.4 Å². The maximum atomic E-state index is 10.9. The third-order valence-corrected chi connectivity index (χ3v) is 12.1. The normalized spacial score (nSPS) is 16.8. The number of carboxylic acid groups (broad SMARTS) is 1. The summed E-state index contributed by atoms with van der Waals surface area (Å²) < 4.78 is 6.43. The van der Waals surface area contributed by atoms with Gasteiger partial charge in [0.1, 0.15) is 0 Å². The van der Waals surface area contributed by atoms with Crippen molar-refractivity contribution in [1.29, 1.82) is 0 Å². The van der Waals surface area contributed by atoms with Gasteiger partial charge in [-0.25, -0.2) is 4.79 Å². The van der Waals surface area contributed by atoms with Gasteiger partial charge in [-0.05, 0) is 73.0 Å². The second kappa shape index (κ2) is 5.74. The molecule has 2 aromatic carbocycles. The van der Waals surface area contributed by atoms with Crippen LogP contribution in [0.1, 0.15) is 21.5 Å². The van der Waals surface area contributed by atoms with Crippen LogP contribution in [0, 0.1) is 11.8 Å². The summed E-state index contributed by atoms with van der Waals surface area (Å²) in [6.45, 7) is 9.00. The average molecular weight is 353 g/mol. The average Bonchev–Trinajstić information content (AvgIpc) is 2.70. The van der Waals surface area contributed by atoms with Crippen LogP contribution >= 0.6 is 0 Å². The summed E-state index contributed by atoms with van der Waals surface area (Å²) in [7, 11) is -3.59. The zero-order valence-corrected chi connectivity index (χ0v) is 16.3. The van der Waals surface area contributed by atoms with Crippen LogP contribution in [0.3, 0.4) is 0 Å². The van der Waals surface area contributed by atoms with Gasteiger partial charge in [0.2, 0.25) is 16.6 Å². The van der Waals surface area contributed by atoms with E-state index >= 15 is 0 Å². The van der Waals surface area contributed by atoms with E-state index < -0.39 is 22.6 Å². The van der Waals surface area contributed by atoms with Crippen LogP contribution in [0.2, 0.25) is 26.2 Å². The van der Waals surface area contributed by atoms with E-state index in [1.807, 2.05) is 0 Å². The zero-order valence-electron chi connectivity index (χ0n) is 14.3. The fourth-order valence-electron chi connectivity index (χ4n) is 3.23. The number of aromatic carboxylic acids is 1. The lowest BCUT2D eigenvalue weighted by molar-refractivity contribution is 0.0697. The van der Waals surface area contributed by atoms with Gasteiger partial charge in [0.15, 0.2) is 0 Å². The van der Waals surface area contributed by atoms with Crippen molar-refractivity contribution in [3.8, 4) is 11.8 Å². The largest absolute Gasteiger partial charge is 0.478 e. The molecule has 3 nitrogen and oxygen atoms in total. The Morgan fingerprint density at radius 1 is 0.875 bits per heavy atom. The Morgan fingerprint density at radius 3 is 2.04 bits per heavy atom. The minimum Gasteiger partial charge on any atom is -0.478 e. The molecule has 5 heteroatoms. The lowest BCUT2D eigenvalue weighted by Gasteiger charge is -2.22. The Labute approximate surface area is 144 Å². The minimum absolute atomic E-state index is 0.273. The van der Waals surface area contributed by atoms with Gasteiger partial charge in [0.05, 0.1) is 5.56 Å². The summed E-state index contributed by atoms with van der Waals surface area (Å²) in [4.78, 5) is 10.9. The maximum Gasteiger partial charge on any atom is 0.335 e. The van der Waals surface area contributed by atoms with E-state index in [0.29, 0.717) is 0 Å². The van der Waals surface area contributed by atoms with Crippen molar-refractivity contribution in [2.24, 2.45) is 0 Å². The zero-order chi connectivity index (χ0) is 17.5. The quantitative estimate of drug-likeness (QED) is 0.634. The van der Waals surface area contributed by atoms with E-state index in [4.69, 9.17) is 9.22 Å². The molecule has 2 aromatic rings. The van der Waals surface area contributed by atoms with Crippen molar-refractivity contribution in [3.05, 3.63) is 59.2 Å². The molecule has 1 heterocycles. The highest BCUT2D eigenvalue weighted by Crippen LogP contribution is 2.21. The molecule has 0 bridgehead atoms. The fraction of sp³-hybridized carbons (Fsp3) is 0.211. The van der Waals surface area contributed by atoms with E-state index in [1.54, 1.807) is 24.3 Å². The minimum atomic E-state index is -1.83. The third-order valence-electron chi connectivity index (χ3n) is 4.31. The van der Waals surface area contributed by atoms with Gasteiger partial charge in [0, 0.05) is 11.1 Å². The van der Waals surface area contributed by atoms with Crippen molar-refractivity contribution in [2.45, 2.75) is 26.2 Å².